The molecule has 2 unspecified atom stereocenters. The van der Waals surface area contributed by atoms with Crippen LogP contribution in [0.2, 0.25) is 0 Å². The minimum atomic E-state index is -0.877. The van der Waals surface area contributed by atoms with Gasteiger partial charge in [-0.25, -0.2) is 0 Å². The van der Waals surface area contributed by atoms with Gasteiger partial charge in [0.15, 0.2) is 0 Å². The van der Waals surface area contributed by atoms with Crippen molar-refractivity contribution in [3.63, 3.8) is 0 Å². The lowest BCUT2D eigenvalue weighted by Crippen LogP contribution is -2.31. The van der Waals surface area contributed by atoms with Gasteiger partial charge in [0.05, 0.1) is 18.1 Å². The molecule has 0 spiro atoms. The molecule has 1 aliphatic rings. The van der Waals surface area contributed by atoms with Gasteiger partial charge in [-0.3, -0.25) is 15.5 Å². The average molecular weight is 373 g/mol. The first-order chi connectivity index (χ1) is 13.5. The zero-order chi connectivity index (χ0) is 19.8. The second-order valence-corrected chi connectivity index (χ2v) is 6.47. The first-order valence-corrected chi connectivity index (χ1v) is 8.54. The van der Waals surface area contributed by atoms with Crippen molar-refractivity contribution in [2.45, 2.75) is 5.92 Å². The molecule has 1 heterocycles. The highest BCUT2D eigenvalue weighted by molar-refractivity contribution is 5.96. The van der Waals surface area contributed by atoms with E-state index in [1.807, 2.05) is 30.3 Å². The normalized spacial score (nSPS) is 18.1. The van der Waals surface area contributed by atoms with E-state index < -0.39 is 16.8 Å². The molecule has 138 valence electrons. The van der Waals surface area contributed by atoms with Crippen molar-refractivity contribution in [3.05, 3.63) is 75.8 Å². The number of nitro benzene ring substituents is 1. The number of ether oxygens (including phenoxy) is 2. The molecule has 2 atom stereocenters. The predicted molar refractivity (Wildman–Crippen MR) is 103 cm³/mol. The zero-order valence-electron chi connectivity index (χ0n) is 14.9. The molecule has 0 bridgehead atoms. The van der Waals surface area contributed by atoms with E-state index in [1.54, 1.807) is 19.2 Å². The highest BCUT2D eigenvalue weighted by Crippen LogP contribution is 2.46. The van der Waals surface area contributed by atoms with Crippen molar-refractivity contribution in [1.29, 1.82) is 10.7 Å². The number of nitro groups is 1. The Hall–Kier alpha value is -3.92. The number of nitrogens with one attached hydrogen (secondary N) is 1. The molecule has 7 nitrogen and oxygen atoms in total. The number of rotatable bonds is 3. The number of fused-ring (bicyclic) bond motifs is 3. The van der Waals surface area contributed by atoms with Crippen molar-refractivity contribution >= 4 is 22.4 Å². The van der Waals surface area contributed by atoms with Crippen LogP contribution < -0.4 is 9.47 Å². The Kier molecular flexibility index (Phi) is 4.17. The van der Waals surface area contributed by atoms with Gasteiger partial charge >= 0.3 is 0 Å². The van der Waals surface area contributed by atoms with Crippen molar-refractivity contribution in [2.75, 3.05) is 7.11 Å². The SMILES string of the molecule is COc1ccc2ccc3c(c2c1)OC(=N)C(C#N)C3c1cccc([N+](=O)[O-])c1. The maximum Gasteiger partial charge on any atom is 0.269 e. The Morgan fingerprint density at radius 2 is 2.00 bits per heavy atom. The Bertz CT molecular complexity index is 1170. The van der Waals surface area contributed by atoms with Gasteiger partial charge in [-0.05, 0) is 23.1 Å². The van der Waals surface area contributed by atoms with Crippen molar-refractivity contribution in [1.82, 2.24) is 0 Å². The van der Waals surface area contributed by atoms with Crippen LogP contribution in [0.1, 0.15) is 17.0 Å². The highest BCUT2D eigenvalue weighted by atomic mass is 16.6. The summed E-state index contributed by atoms with van der Waals surface area (Å²) in [6, 6.07) is 17.6. The third-order valence-corrected chi connectivity index (χ3v) is 4.95. The van der Waals surface area contributed by atoms with Gasteiger partial charge < -0.3 is 9.47 Å². The third-order valence-electron chi connectivity index (χ3n) is 4.95. The molecule has 1 N–H and O–H groups in total. The smallest absolute Gasteiger partial charge is 0.269 e. The van der Waals surface area contributed by atoms with Crippen LogP contribution in [0.3, 0.4) is 0 Å². The summed E-state index contributed by atoms with van der Waals surface area (Å²) in [4.78, 5) is 10.7. The van der Waals surface area contributed by atoms with Gasteiger partial charge in [0.2, 0.25) is 5.90 Å². The van der Waals surface area contributed by atoms with Gasteiger partial charge in [-0.1, -0.05) is 30.3 Å². The van der Waals surface area contributed by atoms with Gasteiger partial charge in [-0.2, -0.15) is 5.26 Å². The van der Waals surface area contributed by atoms with E-state index in [-0.39, 0.29) is 11.6 Å². The number of hydrogen-bond donors (Lipinski definition) is 1. The number of methoxy groups -OCH3 is 1. The van der Waals surface area contributed by atoms with Gasteiger partial charge in [0.1, 0.15) is 17.4 Å². The van der Waals surface area contributed by atoms with Crippen LogP contribution in [-0.4, -0.2) is 17.9 Å². The summed E-state index contributed by atoms with van der Waals surface area (Å²) in [5.74, 6) is -0.481. The van der Waals surface area contributed by atoms with E-state index in [9.17, 15) is 15.4 Å². The van der Waals surface area contributed by atoms with Crippen LogP contribution in [0.25, 0.3) is 10.8 Å². The number of nitrogens with zero attached hydrogens (tertiary/aromatic N) is 2. The maximum atomic E-state index is 11.2. The summed E-state index contributed by atoms with van der Waals surface area (Å²) in [5, 5.41) is 30.8. The fourth-order valence-corrected chi connectivity index (χ4v) is 3.62. The molecular weight excluding hydrogens is 358 g/mol. The van der Waals surface area contributed by atoms with Crippen LogP contribution in [0.15, 0.2) is 54.6 Å². The van der Waals surface area contributed by atoms with Crippen LogP contribution in [0, 0.1) is 32.8 Å². The largest absolute Gasteiger partial charge is 0.497 e. The van der Waals surface area contributed by atoms with Crippen LogP contribution in [0.5, 0.6) is 11.5 Å². The molecule has 3 aromatic rings. The number of hydrogen-bond acceptors (Lipinski definition) is 6. The molecule has 4 rings (SSSR count). The van der Waals surface area contributed by atoms with Crippen molar-refractivity contribution in [2.24, 2.45) is 5.92 Å². The quantitative estimate of drug-likeness (QED) is 0.540. The molecule has 0 aliphatic carbocycles. The van der Waals surface area contributed by atoms with Crippen LogP contribution in [0.4, 0.5) is 5.69 Å². The summed E-state index contributed by atoms with van der Waals surface area (Å²) < 4.78 is 11.0. The van der Waals surface area contributed by atoms with Gasteiger partial charge in [0.25, 0.3) is 5.69 Å². The lowest BCUT2D eigenvalue weighted by Gasteiger charge is -2.31. The Labute approximate surface area is 160 Å². The number of nitriles is 1. The Balaban J connectivity index is 1.98. The monoisotopic (exact) mass is 373 g/mol. The summed E-state index contributed by atoms with van der Waals surface area (Å²) in [6.45, 7) is 0. The Morgan fingerprint density at radius 3 is 2.71 bits per heavy atom. The first-order valence-electron chi connectivity index (χ1n) is 8.54. The van der Waals surface area contributed by atoms with Crippen molar-refractivity contribution < 1.29 is 14.4 Å². The molecule has 0 fully saturated rings. The second-order valence-electron chi connectivity index (χ2n) is 6.47. The fraction of sp³-hybridized carbons (Fsp3) is 0.143. The predicted octanol–water partition coefficient (Wildman–Crippen LogP) is 4.40. The third kappa shape index (κ3) is 2.72. The van der Waals surface area contributed by atoms with Crippen LogP contribution >= 0.6 is 0 Å². The zero-order valence-corrected chi connectivity index (χ0v) is 14.9. The molecule has 0 saturated heterocycles. The summed E-state index contributed by atoms with van der Waals surface area (Å²) >= 11 is 0. The second kappa shape index (κ2) is 6.67. The van der Waals surface area contributed by atoms with Gasteiger partial charge in [-0.15, -0.1) is 0 Å². The fourth-order valence-electron chi connectivity index (χ4n) is 3.62. The van der Waals surface area contributed by atoms with E-state index in [4.69, 9.17) is 14.9 Å². The first kappa shape index (κ1) is 17.5. The van der Waals surface area contributed by atoms with Crippen molar-refractivity contribution in [3.8, 4) is 17.6 Å². The van der Waals surface area contributed by atoms with E-state index in [1.165, 1.54) is 12.1 Å². The molecule has 0 radical (unpaired) electrons. The number of benzene rings is 3. The van der Waals surface area contributed by atoms with E-state index >= 15 is 0 Å². The molecule has 1 aliphatic heterocycles. The average Bonchev–Trinajstić information content (AvgIpc) is 2.72. The molecule has 0 saturated carbocycles. The molecule has 28 heavy (non-hydrogen) atoms. The van der Waals surface area contributed by atoms with E-state index in [0.29, 0.717) is 22.6 Å². The molecule has 3 aromatic carbocycles. The topological polar surface area (TPSA) is 109 Å². The van der Waals surface area contributed by atoms with Gasteiger partial charge in [0, 0.05) is 29.0 Å². The van der Waals surface area contributed by atoms with E-state index in [0.717, 1.165) is 10.8 Å². The summed E-state index contributed by atoms with van der Waals surface area (Å²) in [7, 11) is 1.57. The minimum absolute atomic E-state index is 0.0591. The summed E-state index contributed by atoms with van der Waals surface area (Å²) in [5.41, 5.74) is 1.25. The number of non-ortho nitro benzene ring substituents is 1. The highest BCUT2D eigenvalue weighted by Gasteiger charge is 2.38. The summed E-state index contributed by atoms with van der Waals surface area (Å²) in [6.07, 6.45) is 0. The standard InChI is InChI=1S/C21H15N3O4/c1-27-15-7-5-12-6-8-16-19(13-3-2-4-14(9-13)24(25)26)18(11-22)21(23)28-20(16)17(12)10-15/h2-10,18-19,23H,1H3. The molecule has 7 heteroatoms. The molecule has 0 aromatic heterocycles. The van der Waals surface area contributed by atoms with E-state index in [2.05, 4.69) is 6.07 Å². The van der Waals surface area contributed by atoms with Crippen LogP contribution in [-0.2, 0) is 0 Å². The minimum Gasteiger partial charge on any atom is -0.497 e. The maximum absolute atomic E-state index is 11.2. The lowest BCUT2D eigenvalue weighted by atomic mass is 9.78. The lowest BCUT2D eigenvalue weighted by molar-refractivity contribution is -0.384. The Morgan fingerprint density at radius 1 is 1.21 bits per heavy atom. The molecular formula is C21H15N3O4. The molecule has 0 amide bonds.